The number of rotatable bonds is 12. The molecule has 0 radical (unpaired) electrons. The summed E-state index contributed by atoms with van der Waals surface area (Å²) in [7, 11) is -2.25. The van der Waals surface area contributed by atoms with Crippen molar-refractivity contribution in [1.29, 1.82) is 0 Å². The molecule has 2 nitrogen and oxygen atoms in total. The van der Waals surface area contributed by atoms with Crippen molar-refractivity contribution >= 4 is 8.56 Å². The Morgan fingerprint density at radius 3 is 1.59 bits per heavy atom. The summed E-state index contributed by atoms with van der Waals surface area (Å²) in [4.78, 5) is 9.48. The van der Waals surface area contributed by atoms with Crippen molar-refractivity contribution in [2.24, 2.45) is 0 Å². The summed E-state index contributed by atoms with van der Waals surface area (Å²) in [6, 6.07) is 0. The molecule has 0 aromatic rings. The molecule has 0 unspecified atom stereocenters. The van der Waals surface area contributed by atoms with Crippen LogP contribution >= 0.6 is 0 Å². The van der Waals surface area contributed by atoms with Crippen LogP contribution in [0.2, 0.25) is 13.1 Å². The van der Waals surface area contributed by atoms with E-state index >= 15 is 0 Å². The van der Waals surface area contributed by atoms with Crippen LogP contribution in [0, 0.1) is 0 Å². The normalized spacial score (nSPS) is 12.0. The standard InChI is InChI=1S/C14H32O2Si/c1-4-5-6-7-8-9-10-11-12-13-14-16-17(2,3)15/h15H,4-14H2,1-3H3. The zero-order chi connectivity index (χ0) is 13.0. The highest BCUT2D eigenvalue weighted by Gasteiger charge is 2.17. The Kier molecular flexibility index (Phi) is 11.3. The average molecular weight is 260 g/mol. The van der Waals surface area contributed by atoms with Gasteiger partial charge in [0.2, 0.25) is 0 Å². The van der Waals surface area contributed by atoms with Gasteiger partial charge in [0.05, 0.1) is 0 Å². The quantitative estimate of drug-likeness (QED) is 0.410. The molecule has 0 heterocycles. The molecule has 0 atom stereocenters. The molecule has 0 rings (SSSR count). The van der Waals surface area contributed by atoms with Gasteiger partial charge in [-0.1, -0.05) is 64.7 Å². The minimum atomic E-state index is -2.25. The monoisotopic (exact) mass is 260 g/mol. The first-order chi connectivity index (χ1) is 8.06. The molecule has 0 saturated heterocycles. The van der Waals surface area contributed by atoms with E-state index in [1.807, 2.05) is 13.1 Å². The largest absolute Gasteiger partial charge is 0.411 e. The molecule has 3 heteroatoms. The third-order valence-electron chi connectivity index (χ3n) is 2.95. The highest BCUT2D eigenvalue weighted by Crippen LogP contribution is 2.10. The Labute approximate surface area is 109 Å². The SMILES string of the molecule is CCCCCCCCCCCCO[Si](C)(C)O. The molecule has 0 aliphatic carbocycles. The van der Waals surface area contributed by atoms with Gasteiger partial charge in [0.25, 0.3) is 0 Å². The van der Waals surface area contributed by atoms with Gasteiger partial charge in [-0.3, -0.25) is 0 Å². The molecule has 0 aromatic heterocycles. The molecule has 0 fully saturated rings. The van der Waals surface area contributed by atoms with Crippen molar-refractivity contribution in [2.75, 3.05) is 6.61 Å². The molecule has 1 N–H and O–H groups in total. The third kappa shape index (κ3) is 16.1. The fraction of sp³-hybridized carbons (Fsp3) is 1.00. The molecule has 0 bridgehead atoms. The Bertz CT molecular complexity index is 155. The molecule has 0 saturated carbocycles. The van der Waals surface area contributed by atoms with E-state index in [-0.39, 0.29) is 0 Å². The van der Waals surface area contributed by atoms with Crippen LogP contribution in [0.5, 0.6) is 0 Å². The van der Waals surface area contributed by atoms with Gasteiger partial charge >= 0.3 is 8.56 Å². The molecule has 17 heavy (non-hydrogen) atoms. The molecule has 0 aliphatic rings. The van der Waals surface area contributed by atoms with E-state index in [9.17, 15) is 4.80 Å². The summed E-state index contributed by atoms with van der Waals surface area (Å²) in [6.07, 6.45) is 13.4. The van der Waals surface area contributed by atoms with Crippen molar-refractivity contribution in [3.63, 3.8) is 0 Å². The van der Waals surface area contributed by atoms with E-state index in [0.29, 0.717) is 0 Å². The van der Waals surface area contributed by atoms with Gasteiger partial charge in [0.1, 0.15) is 0 Å². The van der Waals surface area contributed by atoms with E-state index in [4.69, 9.17) is 4.43 Å². The van der Waals surface area contributed by atoms with Crippen molar-refractivity contribution in [2.45, 2.75) is 84.2 Å². The molecule has 104 valence electrons. The predicted molar refractivity (Wildman–Crippen MR) is 77.5 cm³/mol. The van der Waals surface area contributed by atoms with Crippen LogP contribution in [0.3, 0.4) is 0 Å². The smallest absolute Gasteiger partial charge is 0.329 e. The third-order valence-corrected chi connectivity index (χ3v) is 3.86. The molecular weight excluding hydrogens is 228 g/mol. The maximum atomic E-state index is 9.48. The zero-order valence-corrected chi connectivity index (χ0v) is 13.1. The van der Waals surface area contributed by atoms with Gasteiger partial charge in [-0.15, -0.1) is 0 Å². The van der Waals surface area contributed by atoms with Crippen LogP contribution in [-0.2, 0) is 4.43 Å². The Balaban J connectivity index is 2.99. The van der Waals surface area contributed by atoms with Gasteiger partial charge < -0.3 is 9.22 Å². The van der Waals surface area contributed by atoms with Crippen molar-refractivity contribution in [1.82, 2.24) is 0 Å². The van der Waals surface area contributed by atoms with Gasteiger partial charge in [-0.05, 0) is 19.5 Å². The van der Waals surface area contributed by atoms with Crippen LogP contribution in [0.1, 0.15) is 71.1 Å². The summed E-state index contributed by atoms with van der Waals surface area (Å²) < 4.78 is 5.40. The van der Waals surface area contributed by atoms with Gasteiger partial charge in [-0.25, -0.2) is 0 Å². The maximum absolute atomic E-state index is 9.48. The van der Waals surface area contributed by atoms with Crippen molar-refractivity contribution in [3.8, 4) is 0 Å². The van der Waals surface area contributed by atoms with Gasteiger partial charge in [0, 0.05) is 6.61 Å². The lowest BCUT2D eigenvalue weighted by Crippen LogP contribution is -2.30. The summed E-state index contributed by atoms with van der Waals surface area (Å²) in [5.74, 6) is 0. The highest BCUT2D eigenvalue weighted by molar-refractivity contribution is 6.63. The number of unbranched alkanes of at least 4 members (excludes halogenated alkanes) is 9. The molecule has 0 aliphatic heterocycles. The first-order valence-electron chi connectivity index (χ1n) is 7.42. The lowest BCUT2D eigenvalue weighted by atomic mass is 10.1. The zero-order valence-electron chi connectivity index (χ0n) is 12.1. The van der Waals surface area contributed by atoms with Crippen LogP contribution in [0.25, 0.3) is 0 Å². The molecule has 0 amide bonds. The van der Waals surface area contributed by atoms with Crippen LogP contribution < -0.4 is 0 Å². The summed E-state index contributed by atoms with van der Waals surface area (Å²) in [5, 5.41) is 0. The highest BCUT2D eigenvalue weighted by atomic mass is 28.4. The number of hydrogen-bond donors (Lipinski definition) is 1. The number of hydrogen-bond acceptors (Lipinski definition) is 2. The van der Waals surface area contributed by atoms with Crippen LogP contribution in [-0.4, -0.2) is 20.0 Å². The van der Waals surface area contributed by atoms with E-state index in [1.54, 1.807) is 0 Å². The Morgan fingerprint density at radius 1 is 0.765 bits per heavy atom. The summed E-state index contributed by atoms with van der Waals surface area (Å²) in [5.41, 5.74) is 0. The molecule has 0 spiro atoms. The fourth-order valence-corrected chi connectivity index (χ4v) is 2.56. The summed E-state index contributed by atoms with van der Waals surface area (Å²) in [6.45, 7) is 6.65. The van der Waals surface area contributed by atoms with Gasteiger partial charge in [0.15, 0.2) is 0 Å². The van der Waals surface area contributed by atoms with E-state index in [0.717, 1.165) is 13.0 Å². The topological polar surface area (TPSA) is 29.5 Å². The van der Waals surface area contributed by atoms with Crippen molar-refractivity contribution in [3.05, 3.63) is 0 Å². The minimum absolute atomic E-state index is 0.742. The second-order valence-electron chi connectivity index (χ2n) is 5.48. The van der Waals surface area contributed by atoms with E-state index < -0.39 is 8.56 Å². The maximum Gasteiger partial charge on any atom is 0.329 e. The lowest BCUT2D eigenvalue weighted by molar-refractivity contribution is 0.234. The predicted octanol–water partition coefficient (Wildman–Crippen LogP) is 4.62. The Hall–Kier alpha value is 0.137. The van der Waals surface area contributed by atoms with E-state index in [2.05, 4.69) is 6.92 Å². The van der Waals surface area contributed by atoms with Crippen LogP contribution in [0.15, 0.2) is 0 Å². The first-order valence-corrected chi connectivity index (χ1v) is 10.3. The average Bonchev–Trinajstić information content (AvgIpc) is 2.24. The van der Waals surface area contributed by atoms with Crippen molar-refractivity contribution < 1.29 is 9.22 Å². The van der Waals surface area contributed by atoms with E-state index in [1.165, 1.54) is 57.8 Å². The minimum Gasteiger partial charge on any atom is -0.411 e. The van der Waals surface area contributed by atoms with Crippen LogP contribution in [0.4, 0.5) is 0 Å². The molecular formula is C14H32O2Si. The Morgan fingerprint density at radius 2 is 1.18 bits per heavy atom. The molecule has 0 aromatic carbocycles. The fourth-order valence-electron chi connectivity index (χ4n) is 1.91. The lowest BCUT2D eigenvalue weighted by Gasteiger charge is -2.14. The first kappa shape index (κ1) is 17.1. The second kappa shape index (κ2) is 11.2. The van der Waals surface area contributed by atoms with Gasteiger partial charge in [-0.2, -0.15) is 0 Å². The summed E-state index contributed by atoms with van der Waals surface area (Å²) >= 11 is 0. The second-order valence-corrected chi connectivity index (χ2v) is 8.66.